The molecule has 1 fully saturated rings. The van der Waals surface area contributed by atoms with Crippen LogP contribution in [0.4, 0.5) is 5.95 Å². The average Bonchev–Trinajstić information content (AvgIpc) is 2.77. The standard InChI is InChI=1S/C16H24N4O/c1-11(2)21-14-6-4-5-13-15(14)18-16(17)20(13)12-7-9-19(3)10-8-12/h4-6,11-12H,7-10H2,1-3H3,(H2,17,18). The number of benzene rings is 1. The Morgan fingerprint density at radius 3 is 2.67 bits per heavy atom. The molecule has 0 aliphatic carbocycles. The van der Waals surface area contributed by atoms with E-state index in [0.717, 1.165) is 42.7 Å². The highest BCUT2D eigenvalue weighted by Gasteiger charge is 2.23. The smallest absolute Gasteiger partial charge is 0.201 e. The van der Waals surface area contributed by atoms with Crippen LogP contribution < -0.4 is 10.5 Å². The van der Waals surface area contributed by atoms with Crippen LogP contribution in [-0.4, -0.2) is 40.7 Å². The molecule has 0 amide bonds. The minimum Gasteiger partial charge on any atom is -0.489 e. The van der Waals surface area contributed by atoms with Crippen LogP contribution in [0.5, 0.6) is 5.75 Å². The Kier molecular flexibility index (Phi) is 3.76. The second-order valence-corrected chi connectivity index (χ2v) is 6.16. The van der Waals surface area contributed by atoms with Crippen LogP contribution in [-0.2, 0) is 0 Å². The Balaban J connectivity index is 2.01. The van der Waals surface area contributed by atoms with E-state index in [-0.39, 0.29) is 6.10 Å². The Morgan fingerprint density at radius 1 is 1.29 bits per heavy atom. The molecule has 3 rings (SSSR count). The van der Waals surface area contributed by atoms with E-state index in [1.165, 1.54) is 0 Å². The van der Waals surface area contributed by atoms with Crippen LogP contribution in [0.15, 0.2) is 18.2 Å². The van der Waals surface area contributed by atoms with Crippen LogP contribution in [0.25, 0.3) is 11.0 Å². The maximum absolute atomic E-state index is 6.20. The fraction of sp³-hybridized carbons (Fsp3) is 0.562. The molecule has 0 atom stereocenters. The van der Waals surface area contributed by atoms with Crippen molar-refractivity contribution in [2.45, 2.75) is 38.8 Å². The number of anilines is 1. The van der Waals surface area contributed by atoms with E-state index >= 15 is 0 Å². The summed E-state index contributed by atoms with van der Waals surface area (Å²) in [5, 5.41) is 0. The molecule has 1 aliphatic rings. The average molecular weight is 288 g/mol. The summed E-state index contributed by atoms with van der Waals surface area (Å²) in [5.41, 5.74) is 8.16. The summed E-state index contributed by atoms with van der Waals surface area (Å²) >= 11 is 0. The van der Waals surface area contributed by atoms with Crippen molar-refractivity contribution in [3.63, 3.8) is 0 Å². The number of hydrogen-bond donors (Lipinski definition) is 1. The molecule has 0 saturated carbocycles. The van der Waals surface area contributed by atoms with Gasteiger partial charge in [0.1, 0.15) is 11.3 Å². The Bertz CT molecular complexity index is 626. The van der Waals surface area contributed by atoms with E-state index in [2.05, 4.69) is 27.6 Å². The molecular formula is C16H24N4O. The van der Waals surface area contributed by atoms with Crippen molar-refractivity contribution in [2.75, 3.05) is 25.9 Å². The number of nitrogens with zero attached hydrogens (tertiary/aromatic N) is 3. The summed E-state index contributed by atoms with van der Waals surface area (Å²) in [6.07, 6.45) is 2.35. The van der Waals surface area contributed by atoms with E-state index in [9.17, 15) is 0 Å². The number of ether oxygens (including phenoxy) is 1. The fourth-order valence-electron chi connectivity index (χ4n) is 3.10. The van der Waals surface area contributed by atoms with E-state index in [1.807, 2.05) is 26.0 Å². The maximum atomic E-state index is 6.20. The van der Waals surface area contributed by atoms with Gasteiger partial charge in [0, 0.05) is 6.04 Å². The largest absolute Gasteiger partial charge is 0.489 e. The van der Waals surface area contributed by atoms with Crippen LogP contribution in [0.3, 0.4) is 0 Å². The normalized spacial score (nSPS) is 17.7. The number of aromatic nitrogens is 2. The first-order valence-electron chi connectivity index (χ1n) is 7.68. The lowest BCUT2D eigenvalue weighted by Crippen LogP contribution is -2.31. The van der Waals surface area contributed by atoms with Crippen LogP contribution in [0.1, 0.15) is 32.7 Å². The highest BCUT2D eigenvalue weighted by molar-refractivity contribution is 5.84. The van der Waals surface area contributed by atoms with Gasteiger partial charge >= 0.3 is 0 Å². The van der Waals surface area contributed by atoms with Crippen LogP contribution in [0.2, 0.25) is 0 Å². The zero-order chi connectivity index (χ0) is 15.0. The van der Waals surface area contributed by atoms with Gasteiger partial charge in [0.2, 0.25) is 5.95 Å². The monoisotopic (exact) mass is 288 g/mol. The zero-order valence-corrected chi connectivity index (χ0v) is 13.0. The molecule has 2 N–H and O–H groups in total. The molecule has 1 aromatic carbocycles. The van der Waals surface area contributed by atoms with Crippen molar-refractivity contribution in [3.8, 4) is 5.75 Å². The highest BCUT2D eigenvalue weighted by atomic mass is 16.5. The quantitative estimate of drug-likeness (QED) is 0.943. The lowest BCUT2D eigenvalue weighted by Gasteiger charge is -2.30. The SMILES string of the molecule is CC(C)Oc1cccc2c1nc(N)n2C1CCN(C)CC1. The van der Waals surface area contributed by atoms with Gasteiger partial charge in [0.15, 0.2) is 0 Å². The van der Waals surface area contributed by atoms with E-state index in [0.29, 0.717) is 12.0 Å². The van der Waals surface area contributed by atoms with Gasteiger partial charge in [-0.2, -0.15) is 0 Å². The van der Waals surface area contributed by atoms with E-state index in [4.69, 9.17) is 10.5 Å². The molecule has 2 aromatic rings. The van der Waals surface area contributed by atoms with Crippen molar-refractivity contribution < 1.29 is 4.74 Å². The summed E-state index contributed by atoms with van der Waals surface area (Å²) in [6.45, 7) is 6.25. The molecule has 1 saturated heterocycles. The molecule has 2 heterocycles. The summed E-state index contributed by atoms with van der Waals surface area (Å²) in [7, 11) is 2.17. The Labute approximate surface area is 125 Å². The summed E-state index contributed by atoms with van der Waals surface area (Å²) in [5.74, 6) is 1.42. The first-order chi connectivity index (χ1) is 10.1. The predicted octanol–water partition coefficient (Wildman–Crippen LogP) is 2.67. The molecule has 5 heteroatoms. The van der Waals surface area contributed by atoms with Crippen molar-refractivity contribution in [3.05, 3.63) is 18.2 Å². The third-order valence-corrected chi connectivity index (χ3v) is 4.13. The number of nitrogen functional groups attached to an aromatic ring is 1. The van der Waals surface area contributed by atoms with E-state index < -0.39 is 0 Å². The van der Waals surface area contributed by atoms with Crippen LogP contribution in [0, 0.1) is 0 Å². The topological polar surface area (TPSA) is 56.3 Å². The molecule has 5 nitrogen and oxygen atoms in total. The van der Waals surface area contributed by atoms with Gasteiger partial charge in [-0.25, -0.2) is 4.98 Å². The molecule has 114 valence electrons. The highest BCUT2D eigenvalue weighted by Crippen LogP contribution is 2.33. The first kappa shape index (κ1) is 14.2. The third kappa shape index (κ3) is 2.70. The number of nitrogens with two attached hydrogens (primary N) is 1. The third-order valence-electron chi connectivity index (χ3n) is 4.13. The fourth-order valence-corrected chi connectivity index (χ4v) is 3.10. The molecular weight excluding hydrogens is 264 g/mol. The second kappa shape index (κ2) is 5.56. The molecule has 1 aliphatic heterocycles. The van der Waals surface area contributed by atoms with Gasteiger partial charge in [0.25, 0.3) is 0 Å². The second-order valence-electron chi connectivity index (χ2n) is 6.16. The number of rotatable bonds is 3. The molecule has 0 bridgehead atoms. The zero-order valence-electron chi connectivity index (χ0n) is 13.0. The van der Waals surface area contributed by atoms with Crippen molar-refractivity contribution >= 4 is 17.0 Å². The van der Waals surface area contributed by atoms with Gasteiger partial charge in [-0.15, -0.1) is 0 Å². The number of imidazole rings is 1. The Morgan fingerprint density at radius 2 is 2.00 bits per heavy atom. The van der Waals surface area contributed by atoms with Gasteiger partial charge in [-0.1, -0.05) is 6.07 Å². The number of likely N-dealkylation sites (tertiary alicyclic amines) is 1. The first-order valence-corrected chi connectivity index (χ1v) is 7.68. The van der Waals surface area contributed by atoms with Crippen molar-refractivity contribution in [2.24, 2.45) is 0 Å². The maximum Gasteiger partial charge on any atom is 0.201 e. The van der Waals surface area contributed by atoms with Crippen molar-refractivity contribution in [1.82, 2.24) is 14.5 Å². The van der Waals surface area contributed by atoms with E-state index in [1.54, 1.807) is 0 Å². The number of piperidine rings is 1. The van der Waals surface area contributed by atoms with Gasteiger partial charge in [0.05, 0.1) is 11.6 Å². The lowest BCUT2D eigenvalue weighted by molar-refractivity contribution is 0.225. The molecule has 21 heavy (non-hydrogen) atoms. The molecule has 0 spiro atoms. The minimum absolute atomic E-state index is 0.130. The number of fused-ring (bicyclic) bond motifs is 1. The minimum atomic E-state index is 0.130. The molecule has 0 radical (unpaired) electrons. The Hall–Kier alpha value is -1.75. The van der Waals surface area contributed by atoms with Gasteiger partial charge < -0.3 is 19.9 Å². The predicted molar refractivity (Wildman–Crippen MR) is 85.7 cm³/mol. The summed E-state index contributed by atoms with van der Waals surface area (Å²) in [6, 6.07) is 6.51. The lowest BCUT2D eigenvalue weighted by atomic mass is 10.1. The van der Waals surface area contributed by atoms with Crippen LogP contribution >= 0.6 is 0 Å². The van der Waals surface area contributed by atoms with Gasteiger partial charge in [-0.3, -0.25) is 0 Å². The number of hydrogen-bond acceptors (Lipinski definition) is 4. The molecule has 1 aromatic heterocycles. The van der Waals surface area contributed by atoms with Crippen molar-refractivity contribution in [1.29, 1.82) is 0 Å². The summed E-state index contributed by atoms with van der Waals surface area (Å²) in [4.78, 5) is 6.92. The van der Waals surface area contributed by atoms with Gasteiger partial charge in [-0.05, 0) is 59.0 Å². The molecule has 0 unspecified atom stereocenters. The summed E-state index contributed by atoms with van der Waals surface area (Å²) < 4.78 is 8.05. The number of para-hydroxylation sites is 1.